The number of rotatable bonds is 5. The largest absolute Gasteiger partial charge is 0.375 e. The summed E-state index contributed by atoms with van der Waals surface area (Å²) in [5, 5.41) is 3.96. The first-order valence-electron chi connectivity index (χ1n) is 4.03. The lowest BCUT2D eigenvalue weighted by Crippen LogP contribution is -2.07. The molecule has 0 atom stereocenters. The van der Waals surface area contributed by atoms with Crippen molar-refractivity contribution < 1.29 is 9.13 Å². The van der Waals surface area contributed by atoms with Gasteiger partial charge < -0.3 is 4.74 Å². The number of hydrogen-bond donors (Lipinski definition) is 0. The molecule has 0 fully saturated rings. The molecule has 0 amide bonds. The van der Waals surface area contributed by atoms with Crippen molar-refractivity contribution in [3.8, 4) is 0 Å². The molecule has 0 aromatic carbocycles. The van der Waals surface area contributed by atoms with Gasteiger partial charge in [0.05, 0.1) is 18.8 Å². The molecule has 1 aromatic heterocycles. The molecule has 0 N–H and O–H groups in total. The van der Waals surface area contributed by atoms with Crippen molar-refractivity contribution in [2.24, 2.45) is 0 Å². The van der Waals surface area contributed by atoms with Crippen LogP contribution in [0, 0.1) is 0 Å². The molecular formula is C8H13FN2O. The number of aryl methyl sites for hydroxylation is 1. The highest BCUT2D eigenvalue weighted by Gasteiger charge is 2.00. The van der Waals surface area contributed by atoms with E-state index in [9.17, 15) is 4.39 Å². The summed E-state index contributed by atoms with van der Waals surface area (Å²) in [6.45, 7) is 3.03. The van der Waals surface area contributed by atoms with Gasteiger partial charge in [0.15, 0.2) is 0 Å². The van der Waals surface area contributed by atoms with Crippen LogP contribution in [-0.4, -0.2) is 23.1 Å². The van der Waals surface area contributed by atoms with Crippen LogP contribution in [0.1, 0.15) is 12.6 Å². The molecule has 1 aromatic rings. The fourth-order valence-corrected chi connectivity index (χ4v) is 0.971. The van der Waals surface area contributed by atoms with Gasteiger partial charge >= 0.3 is 0 Å². The zero-order valence-electron chi connectivity index (χ0n) is 7.16. The molecule has 0 saturated heterocycles. The minimum atomic E-state index is -0.388. The van der Waals surface area contributed by atoms with Gasteiger partial charge in [-0.3, -0.25) is 4.68 Å². The van der Waals surface area contributed by atoms with E-state index < -0.39 is 0 Å². The Morgan fingerprint density at radius 3 is 3.17 bits per heavy atom. The van der Waals surface area contributed by atoms with Crippen molar-refractivity contribution in [2.75, 3.05) is 13.3 Å². The Bertz CT molecular complexity index is 225. The molecule has 0 bridgehead atoms. The van der Waals surface area contributed by atoms with Gasteiger partial charge in [-0.2, -0.15) is 5.10 Å². The second-order valence-electron chi connectivity index (χ2n) is 2.37. The molecular weight excluding hydrogens is 159 g/mol. The minimum absolute atomic E-state index is 0.315. The van der Waals surface area contributed by atoms with Crippen LogP contribution in [0.25, 0.3) is 0 Å². The predicted octanol–water partition coefficient (Wildman–Crippen LogP) is 1.39. The topological polar surface area (TPSA) is 27.1 Å². The van der Waals surface area contributed by atoms with E-state index >= 15 is 0 Å². The first-order chi connectivity index (χ1) is 5.88. The van der Waals surface area contributed by atoms with Gasteiger partial charge in [0.25, 0.3) is 0 Å². The van der Waals surface area contributed by atoms with E-state index in [0.29, 0.717) is 19.8 Å². The number of alkyl halides is 1. The van der Waals surface area contributed by atoms with Gasteiger partial charge in [-0.15, -0.1) is 0 Å². The maximum absolute atomic E-state index is 12.0. The van der Waals surface area contributed by atoms with Crippen molar-refractivity contribution >= 4 is 0 Å². The van der Waals surface area contributed by atoms with Crippen LogP contribution in [0.5, 0.6) is 0 Å². The van der Waals surface area contributed by atoms with Crippen LogP contribution in [0.3, 0.4) is 0 Å². The molecule has 12 heavy (non-hydrogen) atoms. The van der Waals surface area contributed by atoms with Crippen LogP contribution in [0.15, 0.2) is 12.3 Å². The Morgan fingerprint density at radius 1 is 1.67 bits per heavy atom. The highest BCUT2D eigenvalue weighted by molar-refractivity contribution is 4.98. The van der Waals surface area contributed by atoms with Gasteiger partial charge in [0, 0.05) is 12.8 Å². The summed E-state index contributed by atoms with van der Waals surface area (Å²) in [5.74, 6) is 0. The van der Waals surface area contributed by atoms with Gasteiger partial charge in [0.2, 0.25) is 0 Å². The van der Waals surface area contributed by atoms with Gasteiger partial charge in [0.1, 0.15) is 6.67 Å². The zero-order chi connectivity index (χ0) is 8.81. The lowest BCUT2D eigenvalue weighted by atomic mass is 10.4. The highest BCUT2D eigenvalue weighted by atomic mass is 19.1. The quantitative estimate of drug-likeness (QED) is 0.671. The second-order valence-corrected chi connectivity index (χ2v) is 2.37. The summed E-state index contributed by atoms with van der Waals surface area (Å²) in [6, 6.07) is 1.84. The third-order valence-electron chi connectivity index (χ3n) is 1.55. The summed E-state index contributed by atoms with van der Waals surface area (Å²) < 4.78 is 18.8. The fraction of sp³-hybridized carbons (Fsp3) is 0.625. The molecule has 4 heteroatoms. The van der Waals surface area contributed by atoms with Crippen molar-refractivity contribution in [1.29, 1.82) is 0 Å². The van der Waals surface area contributed by atoms with Gasteiger partial charge in [-0.1, -0.05) is 0 Å². The van der Waals surface area contributed by atoms with Gasteiger partial charge in [-0.05, 0) is 13.0 Å². The summed E-state index contributed by atoms with van der Waals surface area (Å²) in [5.41, 5.74) is 0.925. The molecule has 68 valence electrons. The molecule has 0 spiro atoms. The number of halogens is 1. The van der Waals surface area contributed by atoms with Crippen molar-refractivity contribution in [3.63, 3.8) is 0 Å². The summed E-state index contributed by atoms with van der Waals surface area (Å²) in [6.07, 6.45) is 1.66. The fourth-order valence-electron chi connectivity index (χ4n) is 0.971. The zero-order valence-corrected chi connectivity index (χ0v) is 7.16. The van der Waals surface area contributed by atoms with Crippen LogP contribution in [0.4, 0.5) is 4.39 Å². The van der Waals surface area contributed by atoms with E-state index in [1.807, 2.05) is 13.0 Å². The van der Waals surface area contributed by atoms with Crippen LogP contribution < -0.4 is 0 Å². The number of nitrogens with zero attached hydrogens (tertiary/aromatic N) is 2. The molecule has 1 heterocycles. The Morgan fingerprint density at radius 2 is 2.50 bits per heavy atom. The maximum Gasteiger partial charge on any atom is 0.109 e. The maximum atomic E-state index is 12.0. The van der Waals surface area contributed by atoms with Gasteiger partial charge in [-0.25, -0.2) is 4.39 Å². The number of ether oxygens (including phenoxy) is 1. The summed E-state index contributed by atoms with van der Waals surface area (Å²) >= 11 is 0. The first kappa shape index (κ1) is 9.19. The Kier molecular flexibility index (Phi) is 3.73. The van der Waals surface area contributed by atoms with E-state index in [0.717, 1.165) is 5.69 Å². The van der Waals surface area contributed by atoms with Crippen LogP contribution in [-0.2, 0) is 17.9 Å². The number of aromatic nitrogens is 2. The van der Waals surface area contributed by atoms with E-state index in [1.54, 1.807) is 10.9 Å². The Labute approximate surface area is 71.1 Å². The normalized spacial score (nSPS) is 10.5. The van der Waals surface area contributed by atoms with E-state index in [-0.39, 0.29) is 6.67 Å². The minimum Gasteiger partial charge on any atom is -0.375 e. The third-order valence-corrected chi connectivity index (χ3v) is 1.55. The Hall–Kier alpha value is -0.900. The summed E-state index contributed by atoms with van der Waals surface area (Å²) in [4.78, 5) is 0. The van der Waals surface area contributed by atoms with Crippen molar-refractivity contribution in [2.45, 2.75) is 20.1 Å². The molecule has 0 unspecified atom stereocenters. The molecule has 0 aliphatic carbocycles. The lowest BCUT2D eigenvalue weighted by Gasteiger charge is -2.04. The first-order valence-corrected chi connectivity index (χ1v) is 4.03. The summed E-state index contributed by atoms with van der Waals surface area (Å²) in [7, 11) is 0. The van der Waals surface area contributed by atoms with Crippen molar-refractivity contribution in [3.05, 3.63) is 18.0 Å². The monoisotopic (exact) mass is 172 g/mol. The SMILES string of the molecule is CCOCc1ccnn1CCF. The molecule has 0 radical (unpaired) electrons. The van der Waals surface area contributed by atoms with E-state index in [1.165, 1.54) is 0 Å². The van der Waals surface area contributed by atoms with E-state index in [4.69, 9.17) is 4.74 Å². The van der Waals surface area contributed by atoms with Crippen LogP contribution in [0.2, 0.25) is 0 Å². The molecule has 0 saturated carbocycles. The van der Waals surface area contributed by atoms with Crippen LogP contribution >= 0.6 is 0 Å². The molecule has 0 aliphatic rings. The van der Waals surface area contributed by atoms with E-state index in [2.05, 4.69) is 5.10 Å². The average molecular weight is 172 g/mol. The standard InChI is InChI=1S/C8H13FN2O/c1-2-12-7-8-3-5-10-11(8)6-4-9/h3,5H,2,4,6-7H2,1H3. The molecule has 0 aliphatic heterocycles. The molecule has 3 nitrogen and oxygen atoms in total. The predicted molar refractivity (Wildman–Crippen MR) is 43.5 cm³/mol. The Balaban J connectivity index is 2.51. The third kappa shape index (κ3) is 2.30. The number of hydrogen-bond acceptors (Lipinski definition) is 2. The average Bonchev–Trinajstić information content (AvgIpc) is 2.50. The van der Waals surface area contributed by atoms with Crippen molar-refractivity contribution in [1.82, 2.24) is 9.78 Å². The second kappa shape index (κ2) is 4.87. The lowest BCUT2D eigenvalue weighted by molar-refractivity contribution is 0.127. The highest BCUT2D eigenvalue weighted by Crippen LogP contribution is 2.00. The molecule has 1 rings (SSSR count). The smallest absolute Gasteiger partial charge is 0.109 e.